The Balaban J connectivity index is 1.62. The zero-order chi connectivity index (χ0) is 21.4. The van der Waals surface area contributed by atoms with E-state index in [1.807, 2.05) is 17.5 Å². The van der Waals surface area contributed by atoms with Gasteiger partial charge in [0.05, 0.1) is 15.3 Å². The van der Waals surface area contributed by atoms with Crippen molar-refractivity contribution in [3.8, 4) is 22.1 Å². The number of hydrogen-bond donors (Lipinski definition) is 2. The van der Waals surface area contributed by atoms with E-state index in [4.69, 9.17) is 0 Å². The molecule has 2 heterocycles. The monoisotopic (exact) mass is 450 g/mol. The van der Waals surface area contributed by atoms with Crippen LogP contribution in [0.5, 0.6) is 0 Å². The summed E-state index contributed by atoms with van der Waals surface area (Å²) in [5.41, 5.74) is -0.688. The Morgan fingerprint density at radius 2 is 1.80 bits per heavy atom. The lowest BCUT2D eigenvalue weighted by Gasteiger charge is -2.11. The minimum Gasteiger partial charge on any atom is -0.280 e. The molecule has 2 N–H and O–H groups in total. The standard InChI is InChI=1S/C19H13F3N4O2S2/c20-19(21,22)13-5-2-6-14(11-13)26-30(27,28)15-7-1-4-12(10-15)17-23-18(25-24-17)16-8-3-9-29-16/h1-11,26H,(H,23,24,25). The molecule has 11 heteroatoms. The third-order valence-electron chi connectivity index (χ3n) is 4.08. The lowest BCUT2D eigenvalue weighted by molar-refractivity contribution is -0.137. The molecule has 4 aromatic rings. The first-order chi connectivity index (χ1) is 14.2. The molecular formula is C19H13F3N4O2S2. The average Bonchev–Trinajstić information content (AvgIpc) is 3.39. The molecule has 0 unspecified atom stereocenters. The SMILES string of the molecule is O=S(=O)(Nc1cccc(C(F)(F)F)c1)c1cccc(-c2n[nH]c(-c3cccs3)n2)c1. The zero-order valence-corrected chi connectivity index (χ0v) is 16.6. The number of thiophene rings is 1. The molecule has 2 aromatic carbocycles. The Bertz CT molecular complexity index is 1280. The molecule has 0 amide bonds. The highest BCUT2D eigenvalue weighted by Crippen LogP contribution is 2.31. The fourth-order valence-electron chi connectivity index (χ4n) is 2.69. The van der Waals surface area contributed by atoms with Crippen molar-refractivity contribution < 1.29 is 21.6 Å². The van der Waals surface area contributed by atoms with Crippen molar-refractivity contribution in [2.24, 2.45) is 0 Å². The van der Waals surface area contributed by atoms with Gasteiger partial charge in [-0.25, -0.2) is 13.4 Å². The molecule has 0 fully saturated rings. The normalized spacial score (nSPS) is 12.1. The summed E-state index contributed by atoms with van der Waals surface area (Å²) < 4.78 is 66.2. The van der Waals surface area contributed by atoms with E-state index in [1.54, 1.807) is 6.07 Å². The maximum Gasteiger partial charge on any atom is 0.416 e. The second-order valence-corrected chi connectivity index (χ2v) is 8.83. The van der Waals surface area contributed by atoms with E-state index in [-0.39, 0.29) is 10.6 Å². The van der Waals surface area contributed by atoms with Gasteiger partial charge in [-0.15, -0.1) is 11.3 Å². The lowest BCUT2D eigenvalue weighted by atomic mass is 10.2. The summed E-state index contributed by atoms with van der Waals surface area (Å²) in [6.45, 7) is 0. The number of hydrogen-bond acceptors (Lipinski definition) is 5. The number of nitrogens with one attached hydrogen (secondary N) is 2. The predicted molar refractivity (Wildman–Crippen MR) is 107 cm³/mol. The van der Waals surface area contributed by atoms with Crippen molar-refractivity contribution >= 4 is 27.0 Å². The van der Waals surface area contributed by atoms with Gasteiger partial charge in [-0.2, -0.15) is 18.3 Å². The van der Waals surface area contributed by atoms with Gasteiger partial charge < -0.3 is 0 Å². The van der Waals surface area contributed by atoms with Crippen LogP contribution in [0, 0.1) is 0 Å². The van der Waals surface area contributed by atoms with Crippen LogP contribution in [0.1, 0.15) is 5.56 Å². The molecule has 6 nitrogen and oxygen atoms in total. The molecule has 0 atom stereocenters. The van der Waals surface area contributed by atoms with Crippen LogP contribution in [0.2, 0.25) is 0 Å². The van der Waals surface area contributed by atoms with Crippen LogP contribution < -0.4 is 4.72 Å². The number of alkyl halides is 3. The minimum atomic E-state index is -4.58. The first-order valence-corrected chi connectivity index (χ1v) is 10.9. The van der Waals surface area contributed by atoms with Crippen molar-refractivity contribution in [2.75, 3.05) is 4.72 Å². The van der Waals surface area contributed by atoms with Crippen molar-refractivity contribution in [3.05, 3.63) is 71.6 Å². The summed E-state index contributed by atoms with van der Waals surface area (Å²) in [4.78, 5) is 5.13. The fraction of sp³-hybridized carbons (Fsp3) is 0.0526. The third kappa shape index (κ3) is 4.21. The van der Waals surface area contributed by atoms with E-state index in [1.165, 1.54) is 35.6 Å². The number of rotatable bonds is 5. The van der Waals surface area contributed by atoms with Crippen molar-refractivity contribution in [1.82, 2.24) is 15.2 Å². The molecule has 0 radical (unpaired) electrons. The van der Waals surface area contributed by atoms with E-state index in [0.29, 0.717) is 17.2 Å². The zero-order valence-electron chi connectivity index (χ0n) is 15.0. The molecule has 154 valence electrons. The van der Waals surface area contributed by atoms with Crippen molar-refractivity contribution in [1.29, 1.82) is 0 Å². The molecule has 0 aliphatic carbocycles. The maximum atomic E-state index is 12.9. The summed E-state index contributed by atoms with van der Waals surface area (Å²) >= 11 is 1.48. The van der Waals surface area contributed by atoms with Gasteiger partial charge in [-0.3, -0.25) is 9.82 Å². The highest BCUT2D eigenvalue weighted by Gasteiger charge is 2.30. The summed E-state index contributed by atoms with van der Waals surface area (Å²) in [6.07, 6.45) is -4.58. The summed E-state index contributed by atoms with van der Waals surface area (Å²) in [6, 6.07) is 13.6. The van der Waals surface area contributed by atoms with Gasteiger partial charge >= 0.3 is 6.18 Å². The highest BCUT2D eigenvalue weighted by molar-refractivity contribution is 7.92. The van der Waals surface area contributed by atoms with E-state index in [2.05, 4.69) is 19.9 Å². The Morgan fingerprint density at radius 1 is 1.00 bits per heavy atom. The lowest BCUT2D eigenvalue weighted by Crippen LogP contribution is -2.14. The second kappa shape index (κ2) is 7.58. The van der Waals surface area contributed by atoms with Crippen LogP contribution in [0.4, 0.5) is 18.9 Å². The van der Waals surface area contributed by atoms with Gasteiger partial charge in [0, 0.05) is 11.3 Å². The van der Waals surface area contributed by atoms with E-state index >= 15 is 0 Å². The quantitative estimate of drug-likeness (QED) is 0.447. The van der Waals surface area contributed by atoms with Crippen LogP contribution in [-0.4, -0.2) is 23.6 Å². The Hall–Kier alpha value is -3.18. The number of aromatic amines is 1. The summed E-state index contributed by atoms with van der Waals surface area (Å²) in [5.74, 6) is 0.852. The van der Waals surface area contributed by atoms with Gasteiger partial charge in [-0.1, -0.05) is 24.3 Å². The van der Waals surface area contributed by atoms with Crippen molar-refractivity contribution in [2.45, 2.75) is 11.1 Å². The van der Waals surface area contributed by atoms with Gasteiger partial charge in [0.2, 0.25) is 0 Å². The maximum absolute atomic E-state index is 12.9. The molecule has 0 bridgehead atoms. The number of H-pyrrole nitrogens is 1. The average molecular weight is 450 g/mol. The topological polar surface area (TPSA) is 87.7 Å². The molecule has 0 aliphatic heterocycles. The highest BCUT2D eigenvalue weighted by atomic mass is 32.2. The smallest absolute Gasteiger partial charge is 0.280 e. The molecule has 0 spiro atoms. The molecule has 30 heavy (non-hydrogen) atoms. The predicted octanol–water partition coefficient (Wildman–Crippen LogP) is 5.02. The number of nitrogens with zero attached hydrogens (tertiary/aromatic N) is 2. The molecule has 4 rings (SSSR count). The van der Waals surface area contributed by atoms with Gasteiger partial charge in [-0.05, 0) is 41.8 Å². The van der Waals surface area contributed by atoms with E-state index in [0.717, 1.165) is 23.1 Å². The molecule has 0 saturated heterocycles. The van der Waals surface area contributed by atoms with Crippen LogP contribution in [0.3, 0.4) is 0 Å². The van der Waals surface area contributed by atoms with E-state index < -0.39 is 21.8 Å². The van der Waals surface area contributed by atoms with Gasteiger partial charge in [0.1, 0.15) is 0 Å². The molecule has 2 aromatic heterocycles. The number of sulfonamides is 1. The number of halogens is 3. The van der Waals surface area contributed by atoms with Crippen LogP contribution in [0.25, 0.3) is 22.1 Å². The summed E-state index contributed by atoms with van der Waals surface area (Å²) in [5, 5.41) is 8.81. The third-order valence-corrected chi connectivity index (χ3v) is 6.34. The largest absolute Gasteiger partial charge is 0.416 e. The Morgan fingerprint density at radius 3 is 2.53 bits per heavy atom. The number of aromatic nitrogens is 3. The minimum absolute atomic E-state index is 0.125. The van der Waals surface area contributed by atoms with Crippen LogP contribution in [-0.2, 0) is 16.2 Å². The van der Waals surface area contributed by atoms with Gasteiger partial charge in [0.15, 0.2) is 11.6 Å². The van der Waals surface area contributed by atoms with Crippen LogP contribution >= 0.6 is 11.3 Å². The Kier molecular flexibility index (Phi) is 5.08. The fourth-order valence-corrected chi connectivity index (χ4v) is 4.45. The summed E-state index contributed by atoms with van der Waals surface area (Å²) in [7, 11) is -4.12. The molecule has 0 aliphatic rings. The number of benzene rings is 2. The first-order valence-electron chi connectivity index (χ1n) is 8.49. The second-order valence-electron chi connectivity index (χ2n) is 6.20. The molecular weight excluding hydrogens is 437 g/mol. The number of anilines is 1. The van der Waals surface area contributed by atoms with Crippen LogP contribution in [0.15, 0.2) is 70.9 Å². The van der Waals surface area contributed by atoms with E-state index in [9.17, 15) is 21.6 Å². The Labute approximate surface area is 173 Å². The molecule has 0 saturated carbocycles. The first kappa shape index (κ1) is 20.1. The van der Waals surface area contributed by atoms with Crippen molar-refractivity contribution in [3.63, 3.8) is 0 Å². The van der Waals surface area contributed by atoms with Gasteiger partial charge in [0.25, 0.3) is 10.0 Å².